The minimum atomic E-state index is 0.179. The summed E-state index contributed by atoms with van der Waals surface area (Å²) in [6, 6.07) is 8.62. The molecule has 0 radical (unpaired) electrons. The Labute approximate surface area is 109 Å². The Kier molecular flexibility index (Phi) is 4.37. The van der Waals surface area contributed by atoms with Crippen molar-refractivity contribution in [2.45, 2.75) is 32.2 Å². The Morgan fingerprint density at radius 1 is 1.44 bits per heavy atom. The highest BCUT2D eigenvalue weighted by atomic mass is 16.1. The van der Waals surface area contributed by atoms with Crippen LogP contribution >= 0.6 is 0 Å². The van der Waals surface area contributed by atoms with Crippen molar-refractivity contribution in [1.29, 1.82) is 0 Å². The van der Waals surface area contributed by atoms with Gasteiger partial charge in [-0.15, -0.1) is 0 Å². The lowest BCUT2D eigenvalue weighted by Crippen LogP contribution is -2.36. The molecule has 3 nitrogen and oxygen atoms in total. The molecule has 1 saturated heterocycles. The zero-order valence-corrected chi connectivity index (χ0v) is 11.3. The topological polar surface area (TPSA) is 32.3 Å². The zero-order chi connectivity index (χ0) is 13.0. The number of hydrogen-bond acceptors (Lipinski definition) is 2. The first kappa shape index (κ1) is 13.1. The molecule has 1 atom stereocenters. The number of carbonyl (C=O) groups is 1. The summed E-state index contributed by atoms with van der Waals surface area (Å²) in [6.07, 6.45) is 2.50. The van der Waals surface area contributed by atoms with Crippen LogP contribution in [0.25, 0.3) is 0 Å². The Balaban J connectivity index is 1.77. The first-order chi connectivity index (χ1) is 8.65. The lowest BCUT2D eigenvalue weighted by molar-refractivity contribution is -0.121. The van der Waals surface area contributed by atoms with E-state index in [1.165, 1.54) is 11.1 Å². The monoisotopic (exact) mass is 246 g/mol. The third-order valence-corrected chi connectivity index (χ3v) is 3.64. The number of rotatable bonds is 4. The van der Waals surface area contributed by atoms with E-state index >= 15 is 0 Å². The molecule has 1 unspecified atom stereocenters. The van der Waals surface area contributed by atoms with Crippen LogP contribution in [0.5, 0.6) is 0 Å². The number of likely N-dealkylation sites (N-methyl/N-ethyl adjacent to an activating group) is 1. The quantitative estimate of drug-likeness (QED) is 0.878. The summed E-state index contributed by atoms with van der Waals surface area (Å²) in [6.45, 7) is 4.16. The zero-order valence-electron chi connectivity index (χ0n) is 11.3. The minimum Gasteiger partial charge on any atom is -0.352 e. The molecular formula is C15H22N2O. The van der Waals surface area contributed by atoms with E-state index in [9.17, 15) is 4.79 Å². The smallest absolute Gasteiger partial charge is 0.220 e. The number of nitrogens with one attached hydrogen (secondary N) is 1. The van der Waals surface area contributed by atoms with E-state index in [2.05, 4.69) is 36.3 Å². The van der Waals surface area contributed by atoms with Gasteiger partial charge in [0.05, 0.1) is 0 Å². The Morgan fingerprint density at radius 3 is 2.89 bits per heavy atom. The average Bonchev–Trinajstić information content (AvgIpc) is 2.74. The molecule has 1 amide bonds. The van der Waals surface area contributed by atoms with Crippen LogP contribution in [0.3, 0.4) is 0 Å². The maximum atomic E-state index is 11.9. The number of benzene rings is 1. The molecule has 0 bridgehead atoms. The van der Waals surface area contributed by atoms with E-state index in [1.807, 2.05) is 12.1 Å². The van der Waals surface area contributed by atoms with E-state index in [4.69, 9.17) is 0 Å². The molecule has 1 aromatic carbocycles. The Morgan fingerprint density at radius 2 is 2.22 bits per heavy atom. The molecule has 0 aliphatic carbocycles. The molecule has 0 saturated carbocycles. The van der Waals surface area contributed by atoms with Crippen molar-refractivity contribution in [1.82, 2.24) is 10.2 Å². The van der Waals surface area contributed by atoms with E-state index in [1.54, 1.807) is 0 Å². The van der Waals surface area contributed by atoms with E-state index < -0.39 is 0 Å². The van der Waals surface area contributed by atoms with Crippen molar-refractivity contribution < 1.29 is 4.79 Å². The van der Waals surface area contributed by atoms with E-state index in [-0.39, 0.29) is 5.91 Å². The molecule has 3 heteroatoms. The maximum Gasteiger partial charge on any atom is 0.220 e. The average molecular weight is 246 g/mol. The highest BCUT2D eigenvalue weighted by Crippen LogP contribution is 2.10. The molecular weight excluding hydrogens is 224 g/mol. The van der Waals surface area contributed by atoms with Crippen LogP contribution in [-0.4, -0.2) is 37.0 Å². The van der Waals surface area contributed by atoms with Crippen molar-refractivity contribution >= 4 is 5.91 Å². The van der Waals surface area contributed by atoms with Crippen molar-refractivity contribution in [2.75, 3.05) is 20.1 Å². The molecule has 18 heavy (non-hydrogen) atoms. The summed E-state index contributed by atoms with van der Waals surface area (Å²) in [4.78, 5) is 14.1. The van der Waals surface area contributed by atoms with Gasteiger partial charge < -0.3 is 10.2 Å². The summed E-state index contributed by atoms with van der Waals surface area (Å²) >= 11 is 0. The summed E-state index contributed by atoms with van der Waals surface area (Å²) in [5, 5.41) is 3.12. The predicted molar refractivity (Wildman–Crippen MR) is 73.5 cm³/mol. The number of likely N-dealkylation sites (tertiary alicyclic amines) is 1. The van der Waals surface area contributed by atoms with Gasteiger partial charge in [0, 0.05) is 19.0 Å². The van der Waals surface area contributed by atoms with Crippen molar-refractivity contribution in [2.24, 2.45) is 0 Å². The molecule has 1 aromatic rings. The third-order valence-electron chi connectivity index (χ3n) is 3.64. The molecule has 1 fully saturated rings. The van der Waals surface area contributed by atoms with Gasteiger partial charge in [0.15, 0.2) is 0 Å². The standard InChI is InChI=1S/C15H22N2O/c1-12-5-3-4-6-13(12)7-8-15(18)16-14-9-10-17(2)11-14/h3-6,14H,7-11H2,1-2H3,(H,16,18). The Hall–Kier alpha value is -1.35. The molecule has 1 N–H and O–H groups in total. The van der Waals surface area contributed by atoms with Gasteiger partial charge in [0.25, 0.3) is 0 Å². The number of hydrogen-bond donors (Lipinski definition) is 1. The lowest BCUT2D eigenvalue weighted by Gasteiger charge is -2.13. The molecule has 98 valence electrons. The first-order valence-electron chi connectivity index (χ1n) is 6.67. The highest BCUT2D eigenvalue weighted by molar-refractivity contribution is 5.76. The minimum absolute atomic E-state index is 0.179. The second-order valence-electron chi connectivity index (χ2n) is 5.24. The van der Waals surface area contributed by atoms with Crippen LogP contribution < -0.4 is 5.32 Å². The first-order valence-corrected chi connectivity index (χ1v) is 6.67. The Bertz CT molecular complexity index is 417. The summed E-state index contributed by atoms with van der Waals surface area (Å²) in [7, 11) is 2.10. The lowest BCUT2D eigenvalue weighted by atomic mass is 10.0. The fourth-order valence-corrected chi connectivity index (χ4v) is 2.49. The van der Waals surface area contributed by atoms with E-state index in [0.29, 0.717) is 12.5 Å². The van der Waals surface area contributed by atoms with Crippen molar-refractivity contribution in [3.63, 3.8) is 0 Å². The molecule has 2 rings (SSSR count). The summed E-state index contributed by atoms with van der Waals surface area (Å²) in [5.74, 6) is 0.179. The van der Waals surface area contributed by atoms with Gasteiger partial charge in [-0.25, -0.2) is 0 Å². The predicted octanol–water partition coefficient (Wildman–Crippen LogP) is 1.75. The number of carbonyl (C=O) groups excluding carboxylic acids is 1. The van der Waals surface area contributed by atoms with Gasteiger partial charge in [-0.05, 0) is 44.5 Å². The van der Waals surface area contributed by atoms with Gasteiger partial charge in [0.1, 0.15) is 0 Å². The number of nitrogens with zero attached hydrogens (tertiary/aromatic N) is 1. The van der Waals surface area contributed by atoms with Crippen LogP contribution in [0.15, 0.2) is 24.3 Å². The maximum absolute atomic E-state index is 11.9. The molecule has 0 aromatic heterocycles. The summed E-state index contributed by atoms with van der Waals surface area (Å²) in [5.41, 5.74) is 2.54. The largest absolute Gasteiger partial charge is 0.352 e. The molecule has 1 heterocycles. The SMILES string of the molecule is Cc1ccccc1CCC(=O)NC1CCN(C)C1. The molecule has 1 aliphatic heterocycles. The van der Waals surface area contributed by atoms with Crippen LogP contribution in [0.2, 0.25) is 0 Å². The van der Waals surface area contributed by atoms with Crippen LogP contribution in [0.4, 0.5) is 0 Å². The van der Waals surface area contributed by atoms with Gasteiger partial charge in [-0.2, -0.15) is 0 Å². The second kappa shape index (κ2) is 6.01. The normalized spacial score (nSPS) is 20.0. The van der Waals surface area contributed by atoms with Crippen LogP contribution in [0, 0.1) is 6.92 Å². The van der Waals surface area contributed by atoms with Crippen LogP contribution in [-0.2, 0) is 11.2 Å². The van der Waals surface area contributed by atoms with Crippen molar-refractivity contribution in [3.05, 3.63) is 35.4 Å². The molecule has 0 spiro atoms. The van der Waals surface area contributed by atoms with Crippen molar-refractivity contribution in [3.8, 4) is 0 Å². The van der Waals surface area contributed by atoms with Gasteiger partial charge >= 0.3 is 0 Å². The van der Waals surface area contributed by atoms with Gasteiger partial charge in [0.2, 0.25) is 5.91 Å². The highest BCUT2D eigenvalue weighted by Gasteiger charge is 2.20. The van der Waals surface area contributed by atoms with Crippen LogP contribution in [0.1, 0.15) is 24.0 Å². The van der Waals surface area contributed by atoms with Gasteiger partial charge in [-0.1, -0.05) is 24.3 Å². The second-order valence-corrected chi connectivity index (χ2v) is 5.24. The fourth-order valence-electron chi connectivity index (χ4n) is 2.49. The molecule has 1 aliphatic rings. The number of amides is 1. The van der Waals surface area contributed by atoms with Gasteiger partial charge in [-0.3, -0.25) is 4.79 Å². The summed E-state index contributed by atoms with van der Waals surface area (Å²) < 4.78 is 0. The third kappa shape index (κ3) is 3.57. The fraction of sp³-hybridized carbons (Fsp3) is 0.533. The van der Waals surface area contributed by atoms with E-state index in [0.717, 1.165) is 25.9 Å². The number of aryl methyl sites for hydroxylation is 2.